The summed E-state index contributed by atoms with van der Waals surface area (Å²) < 4.78 is 23.5. The van der Waals surface area contributed by atoms with Gasteiger partial charge >= 0.3 is 18.0 Å². The van der Waals surface area contributed by atoms with E-state index in [4.69, 9.17) is 29.8 Å². The lowest BCUT2D eigenvalue weighted by Gasteiger charge is -2.46. The number of carboxylic acid groups (broad SMARTS) is 1. The average molecular weight is 1040 g/mol. The Morgan fingerprint density at radius 2 is 1.32 bits per heavy atom. The van der Waals surface area contributed by atoms with E-state index >= 15 is 0 Å². The van der Waals surface area contributed by atoms with Gasteiger partial charge in [0.1, 0.15) is 12.2 Å². The summed E-state index contributed by atoms with van der Waals surface area (Å²) in [6.07, 6.45) is 1.04. The molecule has 0 aliphatic carbocycles. The number of hydrazine groups is 1. The molecule has 3 aliphatic rings. The molecule has 2 amide bonds. The van der Waals surface area contributed by atoms with Crippen LogP contribution in [0.3, 0.4) is 0 Å². The highest BCUT2D eigenvalue weighted by Crippen LogP contribution is 2.35. The maximum Gasteiger partial charge on any atom is 0.333 e. The molecule has 0 saturated carbocycles. The van der Waals surface area contributed by atoms with E-state index in [9.17, 15) is 70.6 Å². The summed E-state index contributed by atoms with van der Waals surface area (Å²) in [4.78, 5) is 36.8. The molecule has 23 nitrogen and oxygen atoms in total. The molecule has 0 spiro atoms. The summed E-state index contributed by atoms with van der Waals surface area (Å²) in [5.41, 5.74) is 10.5. The fraction of sp³-hybridized carbons (Fsp3) is 0.660. The van der Waals surface area contributed by atoms with Crippen molar-refractivity contribution < 1.29 is 94.6 Å². The fourth-order valence-electron chi connectivity index (χ4n) is 8.34. The number of nitrogens with two attached hydrogens (primary N) is 1. The van der Waals surface area contributed by atoms with E-state index in [0.717, 1.165) is 0 Å². The van der Waals surface area contributed by atoms with E-state index in [1.165, 1.54) is 13.0 Å². The van der Waals surface area contributed by atoms with E-state index in [0.29, 0.717) is 0 Å². The van der Waals surface area contributed by atoms with Gasteiger partial charge in [-0.2, -0.15) is 0 Å². The lowest BCUT2D eigenvalue weighted by atomic mass is 9.87. The van der Waals surface area contributed by atoms with Gasteiger partial charge in [-0.15, -0.1) is 0 Å². The molecule has 3 heterocycles. The molecule has 414 valence electrons. The second kappa shape index (κ2) is 31.6. The Balaban J connectivity index is 1.93. The minimum atomic E-state index is -2.36. The zero-order valence-corrected chi connectivity index (χ0v) is 41.7. The Bertz CT molecular complexity index is 1900. The van der Waals surface area contributed by atoms with Crippen molar-refractivity contribution in [3.05, 3.63) is 85.1 Å². The number of nitrogens with one attached hydrogen (secondary N) is 3. The van der Waals surface area contributed by atoms with Crippen LogP contribution in [0.4, 0.5) is 4.79 Å². The largest absolute Gasteiger partial charge is 0.479 e. The third-order valence-corrected chi connectivity index (χ3v) is 12.8. The summed E-state index contributed by atoms with van der Waals surface area (Å²) in [7, 11) is 0. The van der Waals surface area contributed by atoms with Crippen molar-refractivity contribution in [2.24, 2.45) is 17.6 Å². The highest BCUT2D eigenvalue weighted by atomic mass is 16.7. The third kappa shape index (κ3) is 22.2. The molecule has 0 aromatic rings. The minimum Gasteiger partial charge on any atom is -0.479 e. The van der Waals surface area contributed by atoms with E-state index in [2.05, 4.69) is 16.2 Å². The number of aliphatic hydroxyl groups excluding tert-OH is 10. The molecular weight excluding hydrogens is 961 g/mol. The minimum absolute atomic E-state index is 0.134. The highest BCUT2D eigenvalue weighted by Gasteiger charge is 2.49. The number of aliphatic carboxylic acids is 1. The number of rotatable bonds is 7. The first kappa shape index (κ1) is 63.0. The molecule has 23 heteroatoms. The van der Waals surface area contributed by atoms with Gasteiger partial charge < -0.3 is 91.3 Å². The number of cyclic esters (lactones) is 1. The molecule has 0 aromatic heterocycles. The number of allylic oxidation sites excluding steroid dienone is 12. The van der Waals surface area contributed by atoms with E-state index in [-0.39, 0.29) is 31.6 Å². The Morgan fingerprint density at radius 3 is 1.92 bits per heavy atom. The number of amides is 2. The molecule has 3 aliphatic heterocycles. The van der Waals surface area contributed by atoms with Crippen LogP contribution < -0.4 is 21.9 Å². The zero-order chi connectivity index (χ0) is 54.4. The quantitative estimate of drug-likeness (QED) is 0.103. The van der Waals surface area contributed by atoms with Crippen molar-refractivity contribution >= 4 is 18.0 Å². The number of hydrogen-bond acceptors (Lipinski definition) is 20. The van der Waals surface area contributed by atoms with Crippen molar-refractivity contribution in [3.8, 4) is 0 Å². The summed E-state index contributed by atoms with van der Waals surface area (Å²) in [6.45, 7) is 6.10. The third-order valence-electron chi connectivity index (χ3n) is 12.8. The standard InChI is InChI=1S/C50H80N4O19/c1-28-17-15-13-11-9-7-5-6-8-10-12-14-16-18-35(72-48-46(65)42(51)45(64)31(4)71-48)24-40-43(53-49(68)54-52-27-39(61)47(66)67)38(60)26-50(69,73-40)25-34(57)22-37(59)36(58)20-19-32(55)21-33(56)23-41(62)70-30(3)29(2)44(28)63/h5-18,28-40,42-46,48,52,55-61,63-65,69H,19-27,51H2,1-4H3,(H,66,67)(H2,53,54,68)/b6-5+,9-7+,10-8+,13-11+,14-12+,17-15+,18-16+/t28-,29-,30-,31+,32+,33+,34-,35-,36+,37+,38-,39+,40-,42-,43+,44+,45+,46-,48-,50+/m0/s1. The Hall–Kier alpha value is -4.25. The number of ether oxygens (including phenoxy) is 4. The van der Waals surface area contributed by atoms with Crippen LogP contribution >= 0.6 is 0 Å². The second-order valence-corrected chi connectivity index (χ2v) is 19.1. The number of carbonyl (C=O) groups excluding carboxylic acids is 2. The second-order valence-electron chi connectivity index (χ2n) is 19.1. The Morgan fingerprint density at radius 1 is 0.726 bits per heavy atom. The van der Waals surface area contributed by atoms with Gasteiger partial charge in [0.05, 0.1) is 92.2 Å². The van der Waals surface area contributed by atoms with E-state index in [1.54, 1.807) is 86.8 Å². The van der Waals surface area contributed by atoms with Crippen LogP contribution in [0, 0.1) is 11.8 Å². The average Bonchev–Trinajstić information content (AvgIpc) is 3.31. The molecule has 17 N–H and O–H groups in total. The first-order valence-corrected chi connectivity index (χ1v) is 24.6. The van der Waals surface area contributed by atoms with E-state index in [1.807, 2.05) is 13.0 Å². The van der Waals surface area contributed by atoms with Gasteiger partial charge in [0, 0.05) is 37.5 Å². The molecule has 0 radical (unpaired) electrons. The predicted molar refractivity (Wildman–Crippen MR) is 263 cm³/mol. The molecule has 3 rings (SSSR count). The molecular formula is C50H80N4O19. The number of aliphatic hydroxyl groups is 11. The van der Waals surface area contributed by atoms with Crippen molar-refractivity contribution in [2.75, 3.05) is 6.54 Å². The number of urea groups is 1. The summed E-state index contributed by atoms with van der Waals surface area (Å²) in [6, 6.07) is -3.58. The maximum absolute atomic E-state index is 13.0. The van der Waals surface area contributed by atoms with Crippen LogP contribution in [0.1, 0.15) is 79.1 Å². The van der Waals surface area contributed by atoms with Crippen molar-refractivity contribution in [1.29, 1.82) is 0 Å². The van der Waals surface area contributed by atoms with Crippen molar-refractivity contribution in [2.45, 2.75) is 189 Å². The van der Waals surface area contributed by atoms with Gasteiger partial charge in [0.2, 0.25) is 0 Å². The van der Waals surface area contributed by atoms with Gasteiger partial charge in [0.25, 0.3) is 0 Å². The van der Waals surface area contributed by atoms with Crippen LogP contribution in [-0.4, -0.2) is 195 Å². The van der Waals surface area contributed by atoms with Crippen LogP contribution in [-0.2, 0) is 28.5 Å². The van der Waals surface area contributed by atoms with Gasteiger partial charge in [-0.05, 0) is 33.1 Å². The molecule has 2 saturated heterocycles. The topological polar surface area (TPSA) is 393 Å². The number of carbonyl (C=O) groups is 3. The van der Waals surface area contributed by atoms with Crippen LogP contribution in [0.5, 0.6) is 0 Å². The molecule has 2 bridgehead atoms. The van der Waals surface area contributed by atoms with Crippen LogP contribution in [0.25, 0.3) is 0 Å². The van der Waals surface area contributed by atoms with Gasteiger partial charge in [-0.3, -0.25) is 10.2 Å². The maximum atomic E-state index is 13.0. The summed E-state index contributed by atoms with van der Waals surface area (Å²) in [5.74, 6) is -5.44. The summed E-state index contributed by atoms with van der Waals surface area (Å²) in [5, 5.41) is 131. The predicted octanol–water partition coefficient (Wildman–Crippen LogP) is -1.37. The molecule has 0 aromatic carbocycles. The lowest BCUT2D eigenvalue weighted by molar-refractivity contribution is -0.303. The first-order valence-electron chi connectivity index (χ1n) is 24.6. The number of fused-ring (bicyclic) bond motifs is 2. The SMILES string of the molecule is C[C@@H]1[C@H](O)[C@@H](C)/C=C/C=C/C=C/C=C/C=C/C=C/C=C/[C@H](O[C@@H]2O[C@H](C)[C@@H](O)[C@H](N)[C@@H]2O)C[C@@H]2O[C@](O)(C[C@@H](O)C[C@@H](O)[C@H](O)CC[C@@H](O)C[C@@H](O)CC(=O)O[C@H]1C)C[C@H](O)[C@H]2NC(=O)NNC[C@@H](O)C(=O)O. The Labute approximate surface area is 425 Å². The Kier molecular flexibility index (Phi) is 27.3. The van der Waals surface area contributed by atoms with Crippen molar-refractivity contribution in [3.63, 3.8) is 0 Å². The number of esters is 1. The zero-order valence-electron chi connectivity index (χ0n) is 41.7. The number of hydrogen-bond donors (Lipinski definition) is 16. The molecule has 73 heavy (non-hydrogen) atoms. The molecule has 0 unspecified atom stereocenters. The number of carboxylic acids is 1. The van der Waals surface area contributed by atoms with Crippen LogP contribution in [0.2, 0.25) is 0 Å². The molecule has 20 atom stereocenters. The first-order chi connectivity index (χ1) is 34.4. The van der Waals surface area contributed by atoms with Gasteiger partial charge in [-0.25, -0.2) is 15.0 Å². The lowest BCUT2D eigenvalue weighted by Crippen LogP contribution is -2.64. The monoisotopic (exact) mass is 1040 g/mol. The summed E-state index contributed by atoms with van der Waals surface area (Å²) >= 11 is 0. The van der Waals surface area contributed by atoms with Gasteiger partial charge in [0.15, 0.2) is 18.2 Å². The smallest absolute Gasteiger partial charge is 0.333 e. The van der Waals surface area contributed by atoms with E-state index < -0.39 is 166 Å². The fourth-order valence-corrected chi connectivity index (χ4v) is 8.34. The van der Waals surface area contributed by atoms with Gasteiger partial charge in [-0.1, -0.05) is 98.9 Å². The van der Waals surface area contributed by atoms with Crippen LogP contribution in [0.15, 0.2) is 85.1 Å². The molecule has 2 fully saturated rings. The normalized spacial score (nSPS) is 42.1. The highest BCUT2D eigenvalue weighted by molar-refractivity contribution is 5.74. The van der Waals surface area contributed by atoms with Crippen molar-refractivity contribution in [1.82, 2.24) is 16.2 Å².